The normalized spacial score (nSPS) is 16.9. The van der Waals surface area contributed by atoms with E-state index < -0.39 is 5.54 Å². The molecule has 0 saturated carbocycles. The number of carbonyl (C=O) groups is 1. The Morgan fingerprint density at radius 2 is 2.14 bits per heavy atom. The van der Waals surface area contributed by atoms with Crippen molar-refractivity contribution in [1.29, 1.82) is 0 Å². The van der Waals surface area contributed by atoms with Crippen LogP contribution in [0.25, 0.3) is 0 Å². The SMILES string of the molecule is CCOc1ccc2c(n1)C(C)(C)N(c1cncc(CNC3=NCC=C3)c1)C2=O. The quantitative estimate of drug-likeness (QED) is 0.867. The summed E-state index contributed by atoms with van der Waals surface area (Å²) in [6.07, 6.45) is 7.47. The third-order valence-corrected chi connectivity index (χ3v) is 4.89. The first-order valence-electron chi connectivity index (χ1n) is 9.38. The highest BCUT2D eigenvalue weighted by atomic mass is 16.5. The molecule has 0 atom stereocenters. The van der Waals surface area contributed by atoms with Crippen LogP contribution in [0.5, 0.6) is 5.88 Å². The zero-order valence-electron chi connectivity index (χ0n) is 16.3. The van der Waals surface area contributed by atoms with Crippen LogP contribution in [0.4, 0.5) is 5.69 Å². The van der Waals surface area contributed by atoms with Crippen LogP contribution in [-0.2, 0) is 12.1 Å². The van der Waals surface area contributed by atoms with Gasteiger partial charge >= 0.3 is 0 Å². The molecule has 4 heterocycles. The number of nitrogens with zero attached hydrogens (tertiary/aromatic N) is 4. The average Bonchev–Trinajstić information content (AvgIpc) is 3.26. The van der Waals surface area contributed by atoms with Gasteiger partial charge in [0.2, 0.25) is 5.88 Å². The van der Waals surface area contributed by atoms with Gasteiger partial charge in [0.15, 0.2) is 0 Å². The summed E-state index contributed by atoms with van der Waals surface area (Å²) in [7, 11) is 0. The second kappa shape index (κ2) is 7.07. The predicted octanol–water partition coefficient (Wildman–Crippen LogP) is 2.83. The van der Waals surface area contributed by atoms with E-state index in [0.29, 0.717) is 31.1 Å². The Bertz CT molecular complexity index is 981. The van der Waals surface area contributed by atoms with Crippen molar-refractivity contribution in [2.75, 3.05) is 18.1 Å². The van der Waals surface area contributed by atoms with Crippen molar-refractivity contribution in [3.05, 3.63) is 59.6 Å². The van der Waals surface area contributed by atoms with E-state index in [4.69, 9.17) is 4.74 Å². The van der Waals surface area contributed by atoms with Gasteiger partial charge in [0.25, 0.3) is 5.91 Å². The lowest BCUT2D eigenvalue weighted by molar-refractivity contribution is 0.0982. The number of amides is 1. The smallest absolute Gasteiger partial charge is 0.261 e. The van der Waals surface area contributed by atoms with E-state index >= 15 is 0 Å². The number of amidine groups is 1. The Hall–Kier alpha value is -3.22. The number of carbonyl (C=O) groups excluding carboxylic acids is 1. The molecular weight excluding hydrogens is 354 g/mol. The van der Waals surface area contributed by atoms with Crippen LogP contribution in [0.1, 0.15) is 42.4 Å². The Morgan fingerprint density at radius 3 is 2.89 bits per heavy atom. The molecule has 4 rings (SSSR count). The van der Waals surface area contributed by atoms with Gasteiger partial charge in [-0.2, -0.15) is 0 Å². The van der Waals surface area contributed by atoms with E-state index in [1.807, 2.05) is 39.0 Å². The average molecular weight is 377 g/mol. The van der Waals surface area contributed by atoms with E-state index in [2.05, 4.69) is 20.3 Å². The Balaban J connectivity index is 1.62. The molecule has 0 bridgehead atoms. The molecule has 0 aliphatic carbocycles. The minimum atomic E-state index is -0.606. The van der Waals surface area contributed by atoms with Gasteiger partial charge < -0.3 is 10.1 Å². The van der Waals surface area contributed by atoms with Crippen molar-refractivity contribution in [3.63, 3.8) is 0 Å². The number of ether oxygens (including phenoxy) is 1. The Labute approximate surface area is 164 Å². The van der Waals surface area contributed by atoms with E-state index in [-0.39, 0.29) is 5.91 Å². The summed E-state index contributed by atoms with van der Waals surface area (Å²) < 4.78 is 5.52. The second-order valence-corrected chi connectivity index (χ2v) is 7.21. The van der Waals surface area contributed by atoms with Gasteiger partial charge in [-0.15, -0.1) is 0 Å². The monoisotopic (exact) mass is 377 g/mol. The van der Waals surface area contributed by atoms with Crippen molar-refractivity contribution in [3.8, 4) is 5.88 Å². The molecule has 7 nitrogen and oxygen atoms in total. The molecule has 0 aromatic carbocycles. The maximum Gasteiger partial charge on any atom is 0.261 e. The van der Waals surface area contributed by atoms with Crippen molar-refractivity contribution >= 4 is 17.4 Å². The predicted molar refractivity (Wildman–Crippen MR) is 108 cm³/mol. The lowest BCUT2D eigenvalue weighted by Crippen LogP contribution is -2.39. The molecule has 2 aromatic heterocycles. The van der Waals surface area contributed by atoms with Crippen LogP contribution >= 0.6 is 0 Å². The number of fused-ring (bicyclic) bond motifs is 1. The summed E-state index contributed by atoms with van der Waals surface area (Å²) in [6.45, 7) is 7.72. The first kappa shape index (κ1) is 18.2. The molecule has 2 aliphatic rings. The minimum absolute atomic E-state index is 0.0782. The van der Waals surface area contributed by atoms with E-state index in [1.165, 1.54) is 0 Å². The fourth-order valence-corrected chi connectivity index (χ4v) is 3.60. The van der Waals surface area contributed by atoms with Crippen LogP contribution in [0.3, 0.4) is 0 Å². The molecule has 0 unspecified atom stereocenters. The summed E-state index contributed by atoms with van der Waals surface area (Å²) in [4.78, 5) is 28.2. The second-order valence-electron chi connectivity index (χ2n) is 7.21. The third-order valence-electron chi connectivity index (χ3n) is 4.89. The lowest BCUT2D eigenvalue weighted by atomic mass is 9.99. The van der Waals surface area contributed by atoms with Gasteiger partial charge in [0, 0.05) is 18.8 Å². The molecule has 2 aromatic rings. The topological polar surface area (TPSA) is 79.7 Å². The van der Waals surface area contributed by atoms with Crippen molar-refractivity contribution in [2.45, 2.75) is 32.9 Å². The maximum absolute atomic E-state index is 13.1. The van der Waals surface area contributed by atoms with Crippen LogP contribution in [-0.4, -0.2) is 34.9 Å². The van der Waals surface area contributed by atoms with Crippen molar-refractivity contribution < 1.29 is 9.53 Å². The molecule has 0 radical (unpaired) electrons. The largest absolute Gasteiger partial charge is 0.478 e. The van der Waals surface area contributed by atoms with E-state index in [9.17, 15) is 4.79 Å². The molecule has 28 heavy (non-hydrogen) atoms. The summed E-state index contributed by atoms with van der Waals surface area (Å²) >= 11 is 0. The van der Waals surface area contributed by atoms with E-state index in [0.717, 1.165) is 22.8 Å². The van der Waals surface area contributed by atoms with Gasteiger partial charge in [-0.1, -0.05) is 6.08 Å². The molecular formula is C21H23N5O2. The fourth-order valence-electron chi connectivity index (χ4n) is 3.60. The molecule has 1 N–H and O–H groups in total. The van der Waals surface area contributed by atoms with Crippen LogP contribution in [0.15, 0.2) is 47.7 Å². The van der Waals surface area contributed by atoms with Crippen molar-refractivity contribution in [1.82, 2.24) is 15.3 Å². The van der Waals surface area contributed by atoms with Gasteiger partial charge in [-0.25, -0.2) is 4.98 Å². The molecule has 7 heteroatoms. The lowest BCUT2D eigenvalue weighted by Gasteiger charge is -2.31. The highest BCUT2D eigenvalue weighted by molar-refractivity contribution is 6.11. The van der Waals surface area contributed by atoms with Crippen molar-refractivity contribution in [2.24, 2.45) is 4.99 Å². The van der Waals surface area contributed by atoms with Crippen LogP contribution in [0.2, 0.25) is 0 Å². The zero-order chi connectivity index (χ0) is 19.7. The molecule has 0 saturated heterocycles. The van der Waals surface area contributed by atoms with Gasteiger partial charge in [-0.3, -0.25) is 19.7 Å². The molecule has 1 amide bonds. The Morgan fingerprint density at radius 1 is 1.29 bits per heavy atom. The number of pyridine rings is 2. The van der Waals surface area contributed by atoms with Gasteiger partial charge in [0.1, 0.15) is 5.84 Å². The third kappa shape index (κ3) is 3.13. The Kier molecular flexibility index (Phi) is 4.58. The van der Waals surface area contributed by atoms with Crippen LogP contribution in [0, 0.1) is 0 Å². The highest BCUT2D eigenvalue weighted by Crippen LogP contribution is 2.41. The highest BCUT2D eigenvalue weighted by Gasteiger charge is 2.45. The summed E-state index contributed by atoms with van der Waals surface area (Å²) in [5.74, 6) is 1.32. The first-order valence-corrected chi connectivity index (χ1v) is 9.38. The number of rotatable bonds is 5. The van der Waals surface area contributed by atoms with Gasteiger partial charge in [0.05, 0.1) is 41.8 Å². The number of hydrogen-bond acceptors (Lipinski definition) is 6. The molecule has 2 aliphatic heterocycles. The first-order chi connectivity index (χ1) is 13.5. The van der Waals surface area contributed by atoms with Gasteiger partial charge in [-0.05, 0) is 44.5 Å². The molecule has 0 spiro atoms. The molecule has 144 valence electrons. The summed E-state index contributed by atoms with van der Waals surface area (Å²) in [5.41, 5.74) is 2.43. The number of aromatic nitrogens is 2. The summed E-state index contributed by atoms with van der Waals surface area (Å²) in [5, 5.41) is 3.28. The standard InChI is InChI=1S/C21H23N5O2/c1-4-28-18-8-7-16-19(25-18)21(2,3)26(20(16)27)15-10-14(11-22-13-15)12-24-17-6-5-9-23-17/h5-8,10-11,13H,4,9,12H2,1-3H3,(H,23,24). The maximum atomic E-state index is 13.1. The van der Waals surface area contributed by atoms with Crippen LogP contribution < -0.4 is 15.0 Å². The number of anilines is 1. The molecule has 0 fully saturated rings. The number of nitrogens with one attached hydrogen (secondary N) is 1. The number of aliphatic imine (C=N–C) groups is 1. The summed E-state index contributed by atoms with van der Waals surface area (Å²) in [6, 6.07) is 5.52. The minimum Gasteiger partial charge on any atom is -0.478 e. The van der Waals surface area contributed by atoms with E-state index in [1.54, 1.807) is 29.4 Å². The zero-order valence-corrected chi connectivity index (χ0v) is 16.3. The number of hydrogen-bond donors (Lipinski definition) is 1. The fraction of sp³-hybridized carbons (Fsp3) is 0.333.